The van der Waals surface area contributed by atoms with Gasteiger partial charge in [0.2, 0.25) is 0 Å². The van der Waals surface area contributed by atoms with Crippen LogP contribution in [0.25, 0.3) is 0 Å². The van der Waals surface area contributed by atoms with Crippen molar-refractivity contribution in [3.05, 3.63) is 5.82 Å². The van der Waals surface area contributed by atoms with Gasteiger partial charge in [0.05, 0.1) is 0 Å². The van der Waals surface area contributed by atoms with Gasteiger partial charge in [0.25, 0.3) is 0 Å². The molecule has 0 fully saturated rings. The molecule has 17 heavy (non-hydrogen) atoms. The first-order valence-corrected chi connectivity index (χ1v) is 6.03. The number of aromatic nitrogens is 2. The summed E-state index contributed by atoms with van der Waals surface area (Å²) in [6.45, 7) is 6.73. The molecule has 4 heteroatoms. The first-order chi connectivity index (χ1) is 7.63. The van der Waals surface area contributed by atoms with E-state index < -0.39 is 0 Å². The van der Waals surface area contributed by atoms with E-state index in [-0.39, 0.29) is 5.41 Å². The average Bonchev–Trinajstić information content (AvgIpc) is 2.41. The van der Waals surface area contributed by atoms with Gasteiger partial charge < -0.3 is 14.4 Å². The van der Waals surface area contributed by atoms with E-state index in [1.54, 1.807) is 0 Å². The van der Waals surface area contributed by atoms with Gasteiger partial charge in [0.15, 0.2) is 11.6 Å². The van der Waals surface area contributed by atoms with Gasteiger partial charge >= 0.3 is 0 Å². The molecule has 0 aliphatic heterocycles. The Labute approximate surface area is 105 Å². The summed E-state index contributed by atoms with van der Waals surface area (Å²) in [5.41, 5.74) is 0.256. The molecule has 1 aromatic heterocycles. The zero-order valence-electron chi connectivity index (χ0n) is 12.5. The van der Waals surface area contributed by atoms with Gasteiger partial charge in [-0.1, -0.05) is 20.8 Å². The molecule has 0 saturated heterocycles. The maximum absolute atomic E-state index is 4.76. The van der Waals surface area contributed by atoms with Crippen LogP contribution in [-0.2, 0) is 13.5 Å². The van der Waals surface area contributed by atoms with Crippen LogP contribution in [0.4, 0.5) is 11.6 Å². The fourth-order valence-electron chi connectivity index (χ4n) is 1.95. The highest BCUT2D eigenvalue weighted by atomic mass is 15.3. The van der Waals surface area contributed by atoms with Crippen LogP contribution < -0.4 is 9.80 Å². The van der Waals surface area contributed by atoms with Gasteiger partial charge in [0.1, 0.15) is 5.82 Å². The topological polar surface area (TPSA) is 24.3 Å². The summed E-state index contributed by atoms with van der Waals surface area (Å²) in [7, 11) is 10.3. The second-order valence-electron chi connectivity index (χ2n) is 6.26. The third-order valence-corrected chi connectivity index (χ3v) is 2.68. The van der Waals surface area contributed by atoms with Gasteiger partial charge in [-0.15, -0.1) is 0 Å². The molecule has 0 unspecified atom stereocenters. The van der Waals surface area contributed by atoms with Crippen molar-refractivity contribution in [1.82, 2.24) is 9.55 Å². The van der Waals surface area contributed by atoms with Crippen LogP contribution in [0.5, 0.6) is 0 Å². The molecule has 0 aliphatic carbocycles. The lowest BCUT2D eigenvalue weighted by atomic mass is 9.92. The Bertz CT molecular complexity index is 383. The Hall–Kier alpha value is -1.19. The first-order valence-electron chi connectivity index (χ1n) is 6.03. The van der Waals surface area contributed by atoms with Crippen LogP contribution in [0, 0.1) is 5.41 Å². The van der Waals surface area contributed by atoms with Crippen molar-refractivity contribution in [3.8, 4) is 0 Å². The first kappa shape index (κ1) is 13.9. The SMILES string of the molecule is CN(C)c1nc(CC(C)(C)C)n(C)c1N(C)C. The molecule has 0 aromatic carbocycles. The third kappa shape index (κ3) is 3.14. The summed E-state index contributed by atoms with van der Waals surface area (Å²) in [4.78, 5) is 8.95. The van der Waals surface area contributed by atoms with E-state index in [1.807, 2.05) is 14.1 Å². The van der Waals surface area contributed by atoms with Gasteiger partial charge in [-0.05, 0) is 5.41 Å². The molecule has 0 radical (unpaired) electrons. The maximum Gasteiger partial charge on any atom is 0.171 e. The van der Waals surface area contributed by atoms with Crippen molar-refractivity contribution in [2.24, 2.45) is 12.5 Å². The summed E-state index contributed by atoms with van der Waals surface area (Å²) in [6, 6.07) is 0. The fraction of sp³-hybridized carbons (Fsp3) is 0.769. The van der Waals surface area contributed by atoms with E-state index in [4.69, 9.17) is 4.98 Å². The average molecular weight is 238 g/mol. The maximum atomic E-state index is 4.76. The minimum atomic E-state index is 0.256. The van der Waals surface area contributed by atoms with E-state index in [1.165, 1.54) is 0 Å². The van der Waals surface area contributed by atoms with E-state index in [9.17, 15) is 0 Å². The molecule has 1 rings (SSSR count). The normalized spacial score (nSPS) is 11.8. The highest BCUT2D eigenvalue weighted by Crippen LogP contribution is 2.29. The van der Waals surface area contributed by atoms with Crippen molar-refractivity contribution >= 4 is 11.6 Å². The van der Waals surface area contributed by atoms with Gasteiger partial charge in [-0.3, -0.25) is 0 Å². The fourth-order valence-corrected chi connectivity index (χ4v) is 1.95. The summed E-state index contributed by atoms with van der Waals surface area (Å²) in [5, 5.41) is 0. The zero-order valence-corrected chi connectivity index (χ0v) is 12.5. The van der Waals surface area contributed by atoms with E-state index in [0.717, 1.165) is 23.9 Å². The molecule has 1 aromatic rings. The molecule has 4 nitrogen and oxygen atoms in total. The second kappa shape index (κ2) is 4.59. The molecule has 0 spiro atoms. The van der Waals surface area contributed by atoms with Crippen LogP contribution in [-0.4, -0.2) is 37.7 Å². The lowest BCUT2D eigenvalue weighted by Gasteiger charge is -2.20. The number of nitrogens with zero attached hydrogens (tertiary/aromatic N) is 4. The minimum absolute atomic E-state index is 0.256. The molecule has 0 amide bonds. The van der Waals surface area contributed by atoms with Crippen molar-refractivity contribution < 1.29 is 0 Å². The predicted molar refractivity (Wildman–Crippen MR) is 75.0 cm³/mol. The van der Waals surface area contributed by atoms with Crippen molar-refractivity contribution in [2.45, 2.75) is 27.2 Å². The number of anilines is 2. The van der Waals surface area contributed by atoms with E-state index >= 15 is 0 Å². The molecule has 0 aliphatic rings. The molecule has 0 atom stereocenters. The quantitative estimate of drug-likeness (QED) is 0.806. The number of rotatable bonds is 3. The van der Waals surface area contributed by atoms with E-state index in [0.29, 0.717) is 0 Å². The Morgan fingerprint density at radius 1 is 1.06 bits per heavy atom. The third-order valence-electron chi connectivity index (χ3n) is 2.68. The van der Waals surface area contributed by atoms with E-state index in [2.05, 4.69) is 56.3 Å². The highest BCUT2D eigenvalue weighted by Gasteiger charge is 2.21. The Kier molecular flexibility index (Phi) is 3.74. The molecule has 0 saturated carbocycles. The van der Waals surface area contributed by atoms with Crippen molar-refractivity contribution in [3.63, 3.8) is 0 Å². The Morgan fingerprint density at radius 2 is 1.59 bits per heavy atom. The highest BCUT2D eigenvalue weighted by molar-refractivity contribution is 5.63. The largest absolute Gasteiger partial charge is 0.361 e. The van der Waals surface area contributed by atoms with Gasteiger partial charge in [-0.2, -0.15) is 0 Å². The predicted octanol–water partition coefficient (Wildman–Crippen LogP) is 2.14. The van der Waals surface area contributed by atoms with Crippen molar-refractivity contribution in [2.75, 3.05) is 38.0 Å². The lowest BCUT2D eigenvalue weighted by molar-refractivity contribution is 0.396. The lowest BCUT2D eigenvalue weighted by Crippen LogP contribution is -2.19. The van der Waals surface area contributed by atoms with Crippen LogP contribution in [0.3, 0.4) is 0 Å². The summed E-state index contributed by atoms with van der Waals surface area (Å²) in [5.74, 6) is 3.34. The monoisotopic (exact) mass is 238 g/mol. The van der Waals surface area contributed by atoms with Gasteiger partial charge in [-0.25, -0.2) is 4.98 Å². The molecule has 0 bridgehead atoms. The zero-order chi connectivity index (χ0) is 13.4. The summed E-state index contributed by atoms with van der Waals surface area (Å²) < 4.78 is 2.20. The Balaban J connectivity index is 3.22. The standard InChI is InChI=1S/C13H26N4/c1-13(2,3)9-10-14-11(15(4)5)12(16(6)7)17(10)8/h9H2,1-8H3. The molecule has 1 heterocycles. The molecular formula is C13H26N4. The smallest absolute Gasteiger partial charge is 0.171 e. The second-order valence-corrected chi connectivity index (χ2v) is 6.26. The van der Waals surface area contributed by atoms with Crippen LogP contribution >= 0.6 is 0 Å². The minimum Gasteiger partial charge on any atom is -0.361 e. The molecule has 0 N–H and O–H groups in total. The summed E-state index contributed by atoms with van der Waals surface area (Å²) >= 11 is 0. The Morgan fingerprint density at radius 3 is 1.88 bits per heavy atom. The van der Waals surface area contributed by atoms with Gasteiger partial charge in [0, 0.05) is 41.7 Å². The van der Waals surface area contributed by atoms with Crippen LogP contribution in [0.15, 0.2) is 0 Å². The number of imidazole rings is 1. The van der Waals surface area contributed by atoms with Crippen LogP contribution in [0.1, 0.15) is 26.6 Å². The molecular weight excluding hydrogens is 212 g/mol. The number of hydrogen-bond donors (Lipinski definition) is 0. The van der Waals surface area contributed by atoms with Crippen molar-refractivity contribution in [1.29, 1.82) is 0 Å². The van der Waals surface area contributed by atoms with Crippen LogP contribution in [0.2, 0.25) is 0 Å². The summed E-state index contributed by atoms with van der Waals surface area (Å²) in [6.07, 6.45) is 0.984. The number of hydrogen-bond acceptors (Lipinski definition) is 3. The molecule has 98 valence electrons.